The summed E-state index contributed by atoms with van der Waals surface area (Å²) in [6.45, 7) is 3.18. The first kappa shape index (κ1) is 13.9. The quantitative estimate of drug-likeness (QED) is 0.872. The van der Waals surface area contributed by atoms with Crippen LogP contribution in [0.3, 0.4) is 0 Å². The second kappa shape index (κ2) is 6.58. The summed E-state index contributed by atoms with van der Waals surface area (Å²) in [5.41, 5.74) is 2.81. The van der Waals surface area contributed by atoms with Crippen LogP contribution in [-0.4, -0.2) is 18.3 Å². The van der Waals surface area contributed by atoms with Crippen molar-refractivity contribution in [2.24, 2.45) is 11.8 Å². The first-order chi connectivity index (χ1) is 9.24. The van der Waals surface area contributed by atoms with Crippen molar-refractivity contribution in [3.05, 3.63) is 29.3 Å². The number of hydrogen-bond acceptors (Lipinski definition) is 3. The monoisotopic (exact) mass is 258 g/mol. The van der Waals surface area contributed by atoms with E-state index in [2.05, 4.69) is 11.4 Å². The molecule has 0 spiro atoms. The number of nitrogens with one attached hydrogen (secondary N) is 1. The van der Waals surface area contributed by atoms with E-state index < -0.39 is 0 Å². The number of nitriles is 1. The minimum atomic E-state index is 0.304. The second-order valence-electron chi connectivity index (χ2n) is 5.51. The normalized spacial score (nSPS) is 22.8. The first-order valence-corrected chi connectivity index (χ1v) is 7.10. The Morgan fingerprint density at radius 1 is 1.32 bits per heavy atom. The molecule has 3 heteroatoms. The van der Waals surface area contributed by atoms with Crippen molar-refractivity contribution in [1.82, 2.24) is 0 Å². The molecule has 1 aliphatic carbocycles. The smallest absolute Gasteiger partial charge is 0.0994 e. The SMILES string of the molecule is Cc1cc(NCC2CCCCC2CO)ccc1C#N. The van der Waals surface area contributed by atoms with Gasteiger partial charge in [0.25, 0.3) is 0 Å². The fraction of sp³-hybridized carbons (Fsp3) is 0.562. The highest BCUT2D eigenvalue weighted by atomic mass is 16.3. The van der Waals surface area contributed by atoms with Gasteiger partial charge in [-0.1, -0.05) is 12.8 Å². The van der Waals surface area contributed by atoms with Gasteiger partial charge in [0.2, 0.25) is 0 Å². The maximum atomic E-state index is 9.41. The Balaban J connectivity index is 1.94. The number of aliphatic hydroxyl groups excluding tert-OH is 1. The summed E-state index contributed by atoms with van der Waals surface area (Å²) in [5.74, 6) is 1.01. The van der Waals surface area contributed by atoms with Gasteiger partial charge in [0.15, 0.2) is 0 Å². The molecule has 0 aromatic heterocycles. The lowest BCUT2D eigenvalue weighted by atomic mass is 9.79. The van der Waals surface area contributed by atoms with Crippen LogP contribution >= 0.6 is 0 Å². The van der Waals surface area contributed by atoms with Crippen molar-refractivity contribution < 1.29 is 5.11 Å². The molecule has 1 fully saturated rings. The number of aryl methyl sites for hydroxylation is 1. The molecule has 0 heterocycles. The number of aliphatic hydroxyl groups is 1. The lowest BCUT2D eigenvalue weighted by molar-refractivity contribution is 0.141. The van der Waals surface area contributed by atoms with Crippen molar-refractivity contribution in [3.63, 3.8) is 0 Å². The molecule has 1 aromatic rings. The van der Waals surface area contributed by atoms with Gasteiger partial charge in [-0.3, -0.25) is 0 Å². The molecule has 0 aliphatic heterocycles. The van der Waals surface area contributed by atoms with Gasteiger partial charge in [0.1, 0.15) is 0 Å². The molecular weight excluding hydrogens is 236 g/mol. The van der Waals surface area contributed by atoms with Crippen LogP contribution in [0.25, 0.3) is 0 Å². The van der Waals surface area contributed by atoms with Gasteiger partial charge in [-0.15, -0.1) is 0 Å². The van der Waals surface area contributed by atoms with Crippen LogP contribution in [0, 0.1) is 30.1 Å². The van der Waals surface area contributed by atoms with Crippen molar-refractivity contribution in [2.45, 2.75) is 32.6 Å². The zero-order valence-electron chi connectivity index (χ0n) is 11.5. The molecule has 2 atom stereocenters. The molecular formula is C16H22N2O. The minimum Gasteiger partial charge on any atom is -0.396 e. The Morgan fingerprint density at radius 2 is 2.05 bits per heavy atom. The van der Waals surface area contributed by atoms with Crippen LogP contribution in [0.5, 0.6) is 0 Å². The average molecular weight is 258 g/mol. The molecule has 0 amide bonds. The molecule has 19 heavy (non-hydrogen) atoms. The van der Waals surface area contributed by atoms with Crippen molar-refractivity contribution in [1.29, 1.82) is 5.26 Å². The predicted octanol–water partition coefficient (Wildman–Crippen LogP) is 3.08. The summed E-state index contributed by atoms with van der Waals surface area (Å²) in [4.78, 5) is 0. The Kier molecular flexibility index (Phi) is 4.81. The van der Waals surface area contributed by atoms with Crippen LogP contribution in [0.2, 0.25) is 0 Å². The van der Waals surface area contributed by atoms with Gasteiger partial charge < -0.3 is 10.4 Å². The van der Waals surface area contributed by atoms with E-state index in [4.69, 9.17) is 5.26 Å². The van der Waals surface area contributed by atoms with Gasteiger partial charge in [0, 0.05) is 18.8 Å². The fourth-order valence-electron chi connectivity index (χ4n) is 2.94. The zero-order valence-corrected chi connectivity index (χ0v) is 11.5. The van der Waals surface area contributed by atoms with Gasteiger partial charge in [-0.2, -0.15) is 5.26 Å². The topological polar surface area (TPSA) is 56.0 Å². The molecule has 0 radical (unpaired) electrons. The number of rotatable bonds is 4. The Bertz CT molecular complexity index is 464. The number of benzene rings is 1. The summed E-state index contributed by atoms with van der Waals surface area (Å²) < 4.78 is 0. The van der Waals surface area contributed by atoms with E-state index >= 15 is 0 Å². The lowest BCUT2D eigenvalue weighted by Gasteiger charge is -2.30. The van der Waals surface area contributed by atoms with Crippen molar-refractivity contribution in [3.8, 4) is 6.07 Å². The largest absolute Gasteiger partial charge is 0.396 e. The van der Waals surface area contributed by atoms with Crippen LogP contribution in [0.15, 0.2) is 18.2 Å². The van der Waals surface area contributed by atoms with Gasteiger partial charge in [-0.05, 0) is 55.4 Å². The zero-order chi connectivity index (χ0) is 13.7. The Morgan fingerprint density at radius 3 is 2.68 bits per heavy atom. The van der Waals surface area contributed by atoms with Crippen molar-refractivity contribution in [2.75, 3.05) is 18.5 Å². The Labute approximate surface area is 115 Å². The molecule has 102 valence electrons. The number of nitrogens with zero attached hydrogens (tertiary/aromatic N) is 1. The highest BCUT2D eigenvalue weighted by Gasteiger charge is 2.24. The molecule has 1 aromatic carbocycles. The maximum absolute atomic E-state index is 9.41. The van der Waals surface area contributed by atoms with E-state index in [-0.39, 0.29) is 0 Å². The average Bonchev–Trinajstić information content (AvgIpc) is 2.45. The van der Waals surface area contributed by atoms with Crippen LogP contribution < -0.4 is 5.32 Å². The summed E-state index contributed by atoms with van der Waals surface area (Å²) >= 11 is 0. The molecule has 0 bridgehead atoms. The van der Waals surface area contributed by atoms with E-state index in [1.54, 1.807) is 0 Å². The highest BCUT2D eigenvalue weighted by molar-refractivity contribution is 5.51. The molecule has 3 nitrogen and oxygen atoms in total. The highest BCUT2D eigenvalue weighted by Crippen LogP contribution is 2.30. The summed E-state index contributed by atoms with van der Waals surface area (Å²) in [6.07, 6.45) is 4.87. The van der Waals surface area contributed by atoms with E-state index in [9.17, 15) is 5.11 Å². The second-order valence-corrected chi connectivity index (χ2v) is 5.51. The Hall–Kier alpha value is -1.53. The molecule has 1 saturated carbocycles. The number of anilines is 1. The first-order valence-electron chi connectivity index (χ1n) is 7.10. The van der Waals surface area contributed by atoms with Crippen molar-refractivity contribution >= 4 is 5.69 Å². The standard InChI is InChI=1S/C16H22N2O/c1-12-8-16(7-6-13(12)9-17)18-10-14-4-2-3-5-15(14)11-19/h6-8,14-15,18-19H,2-5,10-11H2,1H3. The third-order valence-corrected chi connectivity index (χ3v) is 4.22. The molecule has 0 saturated heterocycles. The minimum absolute atomic E-state index is 0.304. The summed E-state index contributed by atoms with van der Waals surface area (Å²) in [7, 11) is 0. The molecule has 2 rings (SSSR count). The van der Waals surface area contributed by atoms with E-state index in [1.165, 1.54) is 19.3 Å². The molecule has 2 unspecified atom stereocenters. The van der Waals surface area contributed by atoms with Crippen LogP contribution in [0.4, 0.5) is 5.69 Å². The fourth-order valence-corrected chi connectivity index (χ4v) is 2.94. The summed E-state index contributed by atoms with van der Waals surface area (Å²) in [6, 6.07) is 8.03. The predicted molar refractivity (Wildman–Crippen MR) is 76.9 cm³/mol. The summed E-state index contributed by atoms with van der Waals surface area (Å²) in [5, 5.41) is 21.8. The van der Waals surface area contributed by atoms with Gasteiger partial charge >= 0.3 is 0 Å². The number of hydrogen-bond donors (Lipinski definition) is 2. The lowest BCUT2D eigenvalue weighted by Crippen LogP contribution is -2.28. The van der Waals surface area contributed by atoms with E-state index in [0.717, 1.165) is 29.8 Å². The van der Waals surface area contributed by atoms with Crippen LogP contribution in [-0.2, 0) is 0 Å². The third kappa shape index (κ3) is 3.48. The molecule has 1 aliphatic rings. The van der Waals surface area contributed by atoms with Crippen LogP contribution in [0.1, 0.15) is 36.8 Å². The third-order valence-electron chi connectivity index (χ3n) is 4.22. The van der Waals surface area contributed by atoms with Gasteiger partial charge in [0.05, 0.1) is 11.6 Å². The molecule has 2 N–H and O–H groups in total. The van der Waals surface area contributed by atoms with E-state index in [1.807, 2.05) is 25.1 Å². The van der Waals surface area contributed by atoms with Gasteiger partial charge in [-0.25, -0.2) is 0 Å². The van der Waals surface area contributed by atoms with E-state index in [0.29, 0.717) is 18.4 Å². The maximum Gasteiger partial charge on any atom is 0.0994 e.